The second kappa shape index (κ2) is 11.6. The van der Waals surface area contributed by atoms with Crippen molar-refractivity contribution < 1.29 is 19.4 Å². The zero-order valence-corrected chi connectivity index (χ0v) is 18.9. The standard InChI is InChI=1S/C23H33N5O4/c1-3-8-19(29)17-28-21(20(15-24-28)22(30)32-4-2)25-23(31)27-13-11-26(12-14-27)16-18-9-6-5-7-10-18/h5-7,9-10,15,19,29H,3-4,8,11-14,16-17H2,1-2H3,(H,25,31). The van der Waals surface area contributed by atoms with Crippen molar-refractivity contribution in [1.29, 1.82) is 0 Å². The molecule has 0 spiro atoms. The van der Waals surface area contributed by atoms with Crippen molar-refractivity contribution in [2.24, 2.45) is 0 Å². The molecule has 1 aliphatic rings. The number of carbonyl (C=O) groups is 2. The molecule has 9 nitrogen and oxygen atoms in total. The second-order valence-corrected chi connectivity index (χ2v) is 7.93. The molecule has 0 aliphatic carbocycles. The van der Waals surface area contributed by atoms with Crippen molar-refractivity contribution in [2.45, 2.75) is 45.9 Å². The van der Waals surface area contributed by atoms with Gasteiger partial charge in [-0.25, -0.2) is 14.3 Å². The molecule has 1 unspecified atom stereocenters. The van der Waals surface area contributed by atoms with Crippen molar-refractivity contribution >= 4 is 17.8 Å². The van der Waals surface area contributed by atoms with Crippen LogP contribution in [0, 0.1) is 0 Å². The Kier molecular flexibility index (Phi) is 8.64. The number of nitrogens with zero attached hydrogens (tertiary/aromatic N) is 4. The van der Waals surface area contributed by atoms with Gasteiger partial charge in [-0.3, -0.25) is 10.2 Å². The van der Waals surface area contributed by atoms with Gasteiger partial charge < -0.3 is 14.7 Å². The van der Waals surface area contributed by atoms with Gasteiger partial charge in [-0.05, 0) is 18.9 Å². The third-order valence-corrected chi connectivity index (χ3v) is 5.47. The third-order valence-electron chi connectivity index (χ3n) is 5.47. The number of carbonyl (C=O) groups excluding carboxylic acids is 2. The number of urea groups is 1. The Morgan fingerprint density at radius 3 is 2.53 bits per heavy atom. The fraction of sp³-hybridized carbons (Fsp3) is 0.522. The summed E-state index contributed by atoms with van der Waals surface area (Å²) in [7, 11) is 0. The zero-order valence-electron chi connectivity index (χ0n) is 18.9. The maximum atomic E-state index is 13.0. The number of aromatic nitrogens is 2. The van der Waals surface area contributed by atoms with E-state index in [9.17, 15) is 14.7 Å². The van der Waals surface area contributed by atoms with Gasteiger partial charge in [-0.2, -0.15) is 5.10 Å². The van der Waals surface area contributed by atoms with E-state index >= 15 is 0 Å². The van der Waals surface area contributed by atoms with Crippen molar-refractivity contribution in [3.05, 3.63) is 47.7 Å². The molecule has 1 aliphatic heterocycles. The molecule has 0 radical (unpaired) electrons. The summed E-state index contributed by atoms with van der Waals surface area (Å²) in [4.78, 5) is 29.4. The van der Waals surface area contributed by atoms with Crippen LogP contribution < -0.4 is 5.32 Å². The summed E-state index contributed by atoms with van der Waals surface area (Å²) in [5, 5.41) is 17.3. The number of nitrogens with one attached hydrogen (secondary N) is 1. The van der Waals surface area contributed by atoms with Crippen molar-refractivity contribution in [2.75, 3.05) is 38.1 Å². The summed E-state index contributed by atoms with van der Waals surface area (Å²) in [6.45, 7) is 7.67. The maximum absolute atomic E-state index is 13.0. The number of benzene rings is 1. The van der Waals surface area contributed by atoms with Gasteiger partial charge in [0.25, 0.3) is 0 Å². The van der Waals surface area contributed by atoms with E-state index in [-0.39, 0.29) is 30.6 Å². The number of anilines is 1. The largest absolute Gasteiger partial charge is 0.462 e. The predicted molar refractivity (Wildman–Crippen MR) is 121 cm³/mol. The lowest BCUT2D eigenvalue weighted by Crippen LogP contribution is -2.49. The molecule has 2 N–H and O–H groups in total. The molecule has 1 aromatic carbocycles. The Morgan fingerprint density at radius 2 is 1.88 bits per heavy atom. The molecule has 2 heterocycles. The average Bonchev–Trinajstić information content (AvgIpc) is 3.17. The van der Waals surface area contributed by atoms with Crippen LogP contribution in [0.4, 0.5) is 10.6 Å². The highest BCUT2D eigenvalue weighted by molar-refractivity contribution is 5.99. The topological polar surface area (TPSA) is 99.9 Å². The van der Waals surface area contributed by atoms with Gasteiger partial charge in [-0.15, -0.1) is 0 Å². The Labute approximate surface area is 188 Å². The van der Waals surface area contributed by atoms with Crippen LogP contribution in [0.2, 0.25) is 0 Å². The molecule has 3 rings (SSSR count). The normalized spacial score (nSPS) is 15.4. The van der Waals surface area contributed by atoms with Crippen LogP contribution in [-0.4, -0.2) is 75.6 Å². The van der Waals surface area contributed by atoms with E-state index in [0.717, 1.165) is 26.1 Å². The fourth-order valence-corrected chi connectivity index (χ4v) is 3.77. The Hall–Kier alpha value is -2.91. The lowest BCUT2D eigenvalue weighted by molar-refractivity contribution is 0.0527. The number of hydrogen-bond acceptors (Lipinski definition) is 6. The summed E-state index contributed by atoms with van der Waals surface area (Å²) in [6.07, 6.45) is 2.18. The molecular weight excluding hydrogens is 410 g/mol. The first-order valence-corrected chi connectivity index (χ1v) is 11.2. The highest BCUT2D eigenvalue weighted by Crippen LogP contribution is 2.19. The van der Waals surface area contributed by atoms with E-state index in [2.05, 4.69) is 27.4 Å². The van der Waals surface area contributed by atoms with E-state index in [1.165, 1.54) is 16.4 Å². The van der Waals surface area contributed by atoms with Crippen LogP contribution in [0.25, 0.3) is 0 Å². The van der Waals surface area contributed by atoms with Gasteiger partial charge in [0.2, 0.25) is 0 Å². The van der Waals surface area contributed by atoms with Crippen LogP contribution in [0.15, 0.2) is 36.5 Å². The Balaban J connectivity index is 1.64. The number of ether oxygens (including phenoxy) is 1. The van der Waals surface area contributed by atoms with Crippen molar-refractivity contribution in [1.82, 2.24) is 19.6 Å². The fourth-order valence-electron chi connectivity index (χ4n) is 3.77. The lowest BCUT2D eigenvalue weighted by atomic mass is 10.2. The monoisotopic (exact) mass is 443 g/mol. The molecular formula is C23H33N5O4. The number of piperazine rings is 1. The number of esters is 1. The van der Waals surface area contributed by atoms with Gasteiger partial charge in [0.05, 0.1) is 25.5 Å². The van der Waals surface area contributed by atoms with Gasteiger partial charge in [-0.1, -0.05) is 43.7 Å². The van der Waals surface area contributed by atoms with E-state index in [1.807, 2.05) is 25.1 Å². The summed E-state index contributed by atoms with van der Waals surface area (Å²) in [5.74, 6) is -0.290. The molecule has 1 fully saturated rings. The zero-order chi connectivity index (χ0) is 22.9. The van der Waals surface area contributed by atoms with Gasteiger partial charge in [0, 0.05) is 32.7 Å². The number of amides is 2. The average molecular weight is 444 g/mol. The van der Waals surface area contributed by atoms with Crippen LogP contribution in [-0.2, 0) is 17.8 Å². The second-order valence-electron chi connectivity index (χ2n) is 7.93. The summed E-state index contributed by atoms with van der Waals surface area (Å²) in [5.41, 5.74) is 1.44. The summed E-state index contributed by atoms with van der Waals surface area (Å²) < 4.78 is 6.57. The van der Waals surface area contributed by atoms with Crippen LogP contribution in [0.5, 0.6) is 0 Å². The molecule has 2 amide bonds. The van der Waals surface area contributed by atoms with E-state index < -0.39 is 12.1 Å². The highest BCUT2D eigenvalue weighted by atomic mass is 16.5. The van der Waals surface area contributed by atoms with Gasteiger partial charge >= 0.3 is 12.0 Å². The molecule has 1 aromatic heterocycles. The molecule has 1 saturated heterocycles. The maximum Gasteiger partial charge on any atom is 0.343 e. The lowest BCUT2D eigenvalue weighted by Gasteiger charge is -2.34. The first kappa shape index (κ1) is 23.7. The minimum atomic E-state index is -0.618. The van der Waals surface area contributed by atoms with Gasteiger partial charge in [0.15, 0.2) is 0 Å². The van der Waals surface area contributed by atoms with E-state index in [1.54, 1.807) is 11.8 Å². The predicted octanol–water partition coefficient (Wildman–Crippen LogP) is 2.57. The molecule has 0 saturated carbocycles. The highest BCUT2D eigenvalue weighted by Gasteiger charge is 2.26. The van der Waals surface area contributed by atoms with E-state index in [0.29, 0.717) is 19.5 Å². The Morgan fingerprint density at radius 1 is 1.16 bits per heavy atom. The quantitative estimate of drug-likeness (QED) is 0.578. The number of hydrogen-bond donors (Lipinski definition) is 2. The minimum absolute atomic E-state index is 0.187. The Bertz CT molecular complexity index is 878. The molecule has 9 heteroatoms. The first-order valence-electron chi connectivity index (χ1n) is 11.2. The van der Waals surface area contributed by atoms with Crippen LogP contribution >= 0.6 is 0 Å². The van der Waals surface area contributed by atoms with Crippen molar-refractivity contribution in [3.8, 4) is 0 Å². The minimum Gasteiger partial charge on any atom is -0.462 e. The molecule has 174 valence electrons. The molecule has 2 aromatic rings. The smallest absolute Gasteiger partial charge is 0.343 e. The van der Waals surface area contributed by atoms with E-state index in [4.69, 9.17) is 4.74 Å². The SMILES string of the molecule is CCCC(O)Cn1ncc(C(=O)OCC)c1NC(=O)N1CCN(Cc2ccccc2)CC1. The van der Waals surface area contributed by atoms with Crippen LogP contribution in [0.3, 0.4) is 0 Å². The number of aliphatic hydroxyl groups excluding tert-OH is 1. The van der Waals surface area contributed by atoms with Crippen molar-refractivity contribution in [3.63, 3.8) is 0 Å². The number of aliphatic hydroxyl groups is 1. The first-order chi connectivity index (χ1) is 15.5. The molecule has 1 atom stereocenters. The number of rotatable bonds is 9. The summed E-state index contributed by atoms with van der Waals surface area (Å²) in [6, 6.07) is 9.97. The third kappa shape index (κ3) is 6.30. The van der Waals surface area contributed by atoms with Crippen LogP contribution in [0.1, 0.15) is 42.6 Å². The molecule has 32 heavy (non-hydrogen) atoms. The summed E-state index contributed by atoms with van der Waals surface area (Å²) >= 11 is 0. The van der Waals surface area contributed by atoms with Gasteiger partial charge in [0.1, 0.15) is 11.4 Å². The molecule has 0 bridgehead atoms.